The van der Waals surface area contributed by atoms with Crippen molar-refractivity contribution >= 4 is 62.3 Å². The number of aliphatic carboxylic acids is 1. The maximum absolute atomic E-state index is 12.8. The summed E-state index contributed by atoms with van der Waals surface area (Å²) in [7, 11) is 0. The summed E-state index contributed by atoms with van der Waals surface area (Å²) in [5, 5.41) is 10.7. The van der Waals surface area contributed by atoms with Crippen molar-refractivity contribution in [2.24, 2.45) is 0 Å². The quantitative estimate of drug-likeness (QED) is 0.674. The Hall–Kier alpha value is -2.35. The number of nitrogens with zero attached hydrogens (tertiary/aromatic N) is 2. The number of aromatic nitrogens is 1. The average Bonchev–Trinajstić information content (AvgIpc) is 3.01. The molecular formula is C18H12Cl2N2O4S. The van der Waals surface area contributed by atoms with Gasteiger partial charge in [0.05, 0.1) is 28.4 Å². The van der Waals surface area contributed by atoms with Gasteiger partial charge < -0.3 is 9.84 Å². The summed E-state index contributed by atoms with van der Waals surface area (Å²) < 4.78 is 6.41. The molecule has 1 aliphatic heterocycles. The van der Waals surface area contributed by atoms with E-state index in [9.17, 15) is 9.59 Å². The van der Waals surface area contributed by atoms with E-state index in [1.54, 1.807) is 36.4 Å². The molecule has 1 aliphatic rings. The zero-order chi connectivity index (χ0) is 19.1. The molecule has 1 N–H and O–H groups in total. The summed E-state index contributed by atoms with van der Waals surface area (Å²) in [4.78, 5) is 29.9. The van der Waals surface area contributed by atoms with Crippen LogP contribution in [0.15, 0.2) is 36.4 Å². The van der Waals surface area contributed by atoms with Crippen LogP contribution in [0.5, 0.6) is 5.75 Å². The molecule has 0 radical (unpaired) electrons. The highest BCUT2D eigenvalue weighted by Gasteiger charge is 2.36. The number of rotatable bonds is 4. The fraction of sp³-hybridized carbons (Fsp3) is 0.167. The van der Waals surface area contributed by atoms with E-state index in [1.165, 1.54) is 16.2 Å². The lowest BCUT2D eigenvalue weighted by Gasteiger charge is -2.33. The van der Waals surface area contributed by atoms with E-state index in [1.807, 2.05) is 0 Å². The third kappa shape index (κ3) is 3.45. The van der Waals surface area contributed by atoms with Crippen molar-refractivity contribution in [1.29, 1.82) is 0 Å². The van der Waals surface area contributed by atoms with Gasteiger partial charge in [-0.2, -0.15) is 0 Å². The first-order valence-corrected chi connectivity index (χ1v) is 9.53. The van der Waals surface area contributed by atoms with Crippen LogP contribution in [0.25, 0.3) is 10.2 Å². The molecule has 1 amide bonds. The van der Waals surface area contributed by atoms with Crippen LogP contribution in [0.4, 0.5) is 5.69 Å². The minimum absolute atomic E-state index is 0.183. The second-order valence-corrected chi connectivity index (χ2v) is 7.90. The van der Waals surface area contributed by atoms with Gasteiger partial charge in [0.25, 0.3) is 5.91 Å². The number of ether oxygens (including phenoxy) is 1. The van der Waals surface area contributed by atoms with Crippen molar-refractivity contribution in [2.45, 2.75) is 19.1 Å². The average molecular weight is 423 g/mol. The van der Waals surface area contributed by atoms with Crippen LogP contribution in [0.1, 0.15) is 11.4 Å². The number of fused-ring (bicyclic) bond motifs is 2. The Kier molecular flexibility index (Phi) is 4.67. The molecule has 138 valence electrons. The predicted molar refractivity (Wildman–Crippen MR) is 104 cm³/mol. The molecule has 2 heterocycles. The molecule has 3 aromatic rings. The molecule has 1 aromatic heterocycles. The molecule has 27 heavy (non-hydrogen) atoms. The van der Waals surface area contributed by atoms with Gasteiger partial charge in [0, 0.05) is 5.02 Å². The maximum Gasteiger partial charge on any atom is 0.307 e. The van der Waals surface area contributed by atoms with E-state index in [2.05, 4.69) is 4.98 Å². The number of carbonyl (C=O) groups is 2. The van der Waals surface area contributed by atoms with Crippen LogP contribution < -0.4 is 9.64 Å². The number of halogens is 2. The predicted octanol–water partition coefficient (Wildman–Crippen LogP) is 4.37. The number of amides is 1. The largest absolute Gasteiger partial charge is 0.481 e. The Morgan fingerprint density at radius 3 is 2.85 bits per heavy atom. The van der Waals surface area contributed by atoms with E-state index in [0.29, 0.717) is 32.0 Å². The highest BCUT2D eigenvalue weighted by Crippen LogP contribution is 2.37. The second kappa shape index (κ2) is 6.99. The third-order valence-corrected chi connectivity index (χ3v) is 5.57. The highest BCUT2D eigenvalue weighted by molar-refractivity contribution is 7.18. The van der Waals surface area contributed by atoms with Gasteiger partial charge in [-0.15, -0.1) is 11.3 Å². The number of benzene rings is 2. The summed E-state index contributed by atoms with van der Waals surface area (Å²) in [6.45, 7) is 0.183. The lowest BCUT2D eigenvalue weighted by atomic mass is 10.1. The van der Waals surface area contributed by atoms with Crippen molar-refractivity contribution in [3.05, 3.63) is 51.5 Å². The van der Waals surface area contributed by atoms with Crippen molar-refractivity contribution in [3.8, 4) is 5.75 Å². The summed E-state index contributed by atoms with van der Waals surface area (Å²) >= 11 is 13.6. The van der Waals surface area contributed by atoms with Crippen molar-refractivity contribution in [2.75, 3.05) is 4.90 Å². The molecule has 1 unspecified atom stereocenters. The van der Waals surface area contributed by atoms with Gasteiger partial charge in [-0.25, -0.2) is 4.98 Å². The zero-order valence-electron chi connectivity index (χ0n) is 13.7. The normalized spacial score (nSPS) is 16.3. The lowest BCUT2D eigenvalue weighted by molar-refractivity contribution is -0.142. The fourth-order valence-corrected chi connectivity index (χ4v) is 4.61. The Bertz CT molecular complexity index is 1070. The zero-order valence-corrected chi connectivity index (χ0v) is 16.0. The molecule has 0 spiro atoms. The SMILES string of the molecule is O=C(O)CC1Oc2ccccc2N(Cc2nc3c(Cl)cc(Cl)cc3s2)C1=O. The number of anilines is 1. The summed E-state index contributed by atoms with van der Waals surface area (Å²) in [5.41, 5.74) is 1.20. The highest BCUT2D eigenvalue weighted by atomic mass is 35.5. The van der Waals surface area contributed by atoms with E-state index >= 15 is 0 Å². The Balaban J connectivity index is 1.72. The van der Waals surface area contributed by atoms with Crippen molar-refractivity contribution < 1.29 is 19.4 Å². The standard InChI is InChI=1S/C18H12Cl2N2O4S/c19-9-5-10(20)17-14(6-9)27-15(21-17)8-22-11-3-1-2-4-12(11)26-13(18(22)25)7-16(23)24/h1-6,13H,7-8H2,(H,23,24). The number of carboxylic acids is 1. The van der Waals surface area contributed by atoms with Crippen LogP contribution in [0.3, 0.4) is 0 Å². The van der Waals surface area contributed by atoms with E-state index in [4.69, 9.17) is 33.0 Å². The molecule has 0 saturated heterocycles. The van der Waals surface area contributed by atoms with Gasteiger partial charge in [0.2, 0.25) is 0 Å². The number of carboxylic acid groups (broad SMARTS) is 1. The molecule has 0 saturated carbocycles. The van der Waals surface area contributed by atoms with Gasteiger partial charge in [0.15, 0.2) is 6.10 Å². The first kappa shape index (κ1) is 18.0. The number of hydrogen-bond donors (Lipinski definition) is 1. The number of carbonyl (C=O) groups excluding carboxylic acids is 1. The van der Waals surface area contributed by atoms with Crippen LogP contribution in [-0.4, -0.2) is 28.1 Å². The van der Waals surface area contributed by atoms with Gasteiger partial charge in [-0.05, 0) is 24.3 Å². The Labute approximate surface area is 167 Å². The summed E-state index contributed by atoms with van der Waals surface area (Å²) in [6, 6.07) is 10.4. The maximum atomic E-state index is 12.8. The van der Waals surface area contributed by atoms with Crippen LogP contribution in [0.2, 0.25) is 10.0 Å². The van der Waals surface area contributed by atoms with Gasteiger partial charge >= 0.3 is 5.97 Å². The van der Waals surface area contributed by atoms with Gasteiger partial charge in [-0.3, -0.25) is 14.5 Å². The van der Waals surface area contributed by atoms with E-state index < -0.39 is 24.4 Å². The Morgan fingerprint density at radius 2 is 2.07 bits per heavy atom. The van der Waals surface area contributed by atoms with Crippen molar-refractivity contribution in [1.82, 2.24) is 4.98 Å². The first-order chi connectivity index (χ1) is 12.9. The molecule has 6 nitrogen and oxygen atoms in total. The third-order valence-electron chi connectivity index (χ3n) is 4.08. The fourth-order valence-electron chi connectivity index (χ4n) is 2.93. The van der Waals surface area contributed by atoms with Crippen molar-refractivity contribution in [3.63, 3.8) is 0 Å². The second-order valence-electron chi connectivity index (χ2n) is 5.94. The number of thiazole rings is 1. The molecule has 1 atom stereocenters. The molecule has 0 aliphatic carbocycles. The topological polar surface area (TPSA) is 79.7 Å². The monoisotopic (exact) mass is 422 g/mol. The Morgan fingerprint density at radius 1 is 1.30 bits per heavy atom. The summed E-state index contributed by atoms with van der Waals surface area (Å²) in [5.74, 6) is -1.06. The molecule has 0 fully saturated rings. The van der Waals surface area contributed by atoms with Crippen LogP contribution >= 0.6 is 34.5 Å². The minimum atomic E-state index is -1.10. The number of para-hydroxylation sites is 2. The number of hydrogen-bond acceptors (Lipinski definition) is 5. The minimum Gasteiger partial charge on any atom is -0.481 e. The molecule has 2 aromatic carbocycles. The first-order valence-electron chi connectivity index (χ1n) is 7.95. The van der Waals surface area contributed by atoms with Crippen LogP contribution in [-0.2, 0) is 16.1 Å². The van der Waals surface area contributed by atoms with E-state index in [0.717, 1.165) is 4.70 Å². The van der Waals surface area contributed by atoms with Gasteiger partial charge in [-0.1, -0.05) is 35.3 Å². The van der Waals surface area contributed by atoms with E-state index in [-0.39, 0.29) is 6.54 Å². The summed E-state index contributed by atoms with van der Waals surface area (Å²) in [6.07, 6.45) is -1.49. The molecule has 9 heteroatoms. The van der Waals surface area contributed by atoms with Crippen LogP contribution in [0, 0.1) is 0 Å². The molecular weight excluding hydrogens is 411 g/mol. The molecule has 0 bridgehead atoms. The van der Waals surface area contributed by atoms with Gasteiger partial charge in [0.1, 0.15) is 16.3 Å². The lowest BCUT2D eigenvalue weighted by Crippen LogP contribution is -2.46. The molecule has 4 rings (SSSR count). The smallest absolute Gasteiger partial charge is 0.307 e.